The van der Waals surface area contributed by atoms with Crippen LogP contribution >= 0.6 is 50.3 Å². The van der Waals surface area contributed by atoms with E-state index < -0.39 is 5.97 Å². The number of hydrogen-bond acceptors (Lipinski definition) is 5. The number of carbonyl (C=O) groups excluding carboxylic acids is 1. The molecule has 0 atom stereocenters. The predicted octanol–water partition coefficient (Wildman–Crippen LogP) is 4.69. The van der Waals surface area contributed by atoms with Crippen molar-refractivity contribution < 1.29 is 19.8 Å². The molecule has 0 radical (unpaired) electrons. The molecule has 3 rings (SSSR count). The first-order chi connectivity index (χ1) is 12.8. The Hall–Kier alpha value is -1.85. The number of phenolic OH excluding ortho intramolecular Hbond substituents is 1. The van der Waals surface area contributed by atoms with Crippen LogP contribution in [0.5, 0.6) is 5.75 Å². The number of likely N-dealkylation sites (N-methyl/N-ethyl adjacent to an activating group) is 1. The number of benzene rings is 2. The van der Waals surface area contributed by atoms with Crippen molar-refractivity contribution in [3.8, 4) is 5.75 Å². The van der Waals surface area contributed by atoms with Gasteiger partial charge in [0.1, 0.15) is 5.75 Å². The molecule has 1 heterocycles. The third kappa shape index (κ3) is 4.36. The molecule has 1 fully saturated rings. The van der Waals surface area contributed by atoms with Crippen LogP contribution in [0.3, 0.4) is 0 Å². The first-order valence-electron chi connectivity index (χ1n) is 7.54. The predicted molar refractivity (Wildman–Crippen MR) is 117 cm³/mol. The van der Waals surface area contributed by atoms with Crippen LogP contribution < -0.4 is 0 Å². The molecular formula is C18H12BrIN2O4S. The first-order valence-corrected chi connectivity index (χ1v) is 10.2. The summed E-state index contributed by atoms with van der Waals surface area (Å²) in [6.07, 6.45) is 1.61. The zero-order chi connectivity index (χ0) is 19.7. The minimum atomic E-state index is -1.04. The summed E-state index contributed by atoms with van der Waals surface area (Å²) in [5.41, 5.74) is 1.09. The maximum atomic E-state index is 12.5. The number of hydrogen-bond donors (Lipinski definition) is 2. The van der Waals surface area contributed by atoms with E-state index in [1.54, 1.807) is 37.4 Å². The van der Waals surface area contributed by atoms with Crippen LogP contribution in [0.1, 0.15) is 15.9 Å². The van der Waals surface area contributed by atoms with Crippen LogP contribution in [0.2, 0.25) is 0 Å². The molecular weight excluding hydrogens is 547 g/mol. The fourth-order valence-corrected chi connectivity index (χ4v) is 4.84. The SMILES string of the molecule is CN1C(=O)/C(=C/c2cc(Br)cc(I)c2O)SC1=Nc1cccc(C(=O)O)c1. The Balaban J connectivity index is 1.96. The van der Waals surface area contributed by atoms with Crippen molar-refractivity contribution in [1.29, 1.82) is 0 Å². The Labute approximate surface area is 181 Å². The second-order valence-corrected chi connectivity index (χ2v) is 8.64. The lowest BCUT2D eigenvalue weighted by molar-refractivity contribution is -0.121. The Bertz CT molecular complexity index is 1020. The van der Waals surface area contributed by atoms with E-state index in [0.29, 0.717) is 24.9 Å². The van der Waals surface area contributed by atoms with Gasteiger partial charge in [-0.2, -0.15) is 0 Å². The van der Waals surface area contributed by atoms with Crippen molar-refractivity contribution in [3.63, 3.8) is 0 Å². The minimum Gasteiger partial charge on any atom is -0.506 e. The molecule has 0 spiro atoms. The van der Waals surface area contributed by atoms with Crippen LogP contribution in [-0.4, -0.2) is 39.2 Å². The average molecular weight is 559 g/mol. The van der Waals surface area contributed by atoms with Gasteiger partial charge in [-0.3, -0.25) is 9.69 Å². The third-order valence-electron chi connectivity index (χ3n) is 3.67. The van der Waals surface area contributed by atoms with E-state index in [1.807, 2.05) is 22.6 Å². The van der Waals surface area contributed by atoms with Crippen molar-refractivity contribution >= 4 is 79.1 Å². The lowest BCUT2D eigenvalue weighted by Gasteiger charge is -2.07. The van der Waals surface area contributed by atoms with Gasteiger partial charge in [0.25, 0.3) is 5.91 Å². The number of phenols is 1. The second-order valence-electron chi connectivity index (χ2n) is 5.55. The van der Waals surface area contributed by atoms with Gasteiger partial charge in [0, 0.05) is 17.1 Å². The Morgan fingerprint density at radius 1 is 1.33 bits per heavy atom. The van der Waals surface area contributed by atoms with Crippen molar-refractivity contribution in [2.75, 3.05) is 7.05 Å². The number of carboxylic acid groups (broad SMARTS) is 1. The maximum absolute atomic E-state index is 12.5. The number of carbonyl (C=O) groups is 2. The molecule has 1 aliphatic rings. The summed E-state index contributed by atoms with van der Waals surface area (Å²) in [6, 6.07) is 9.69. The Morgan fingerprint density at radius 3 is 2.78 bits per heavy atom. The topological polar surface area (TPSA) is 90.2 Å². The summed E-state index contributed by atoms with van der Waals surface area (Å²) >= 11 is 6.56. The summed E-state index contributed by atoms with van der Waals surface area (Å²) in [4.78, 5) is 29.8. The summed E-state index contributed by atoms with van der Waals surface area (Å²) in [5, 5.41) is 19.7. The minimum absolute atomic E-state index is 0.0990. The van der Waals surface area contributed by atoms with Crippen molar-refractivity contribution in [2.45, 2.75) is 0 Å². The van der Waals surface area contributed by atoms with E-state index in [-0.39, 0.29) is 17.2 Å². The molecule has 138 valence electrons. The van der Waals surface area contributed by atoms with E-state index in [1.165, 1.54) is 17.0 Å². The average Bonchev–Trinajstić information content (AvgIpc) is 2.87. The van der Waals surface area contributed by atoms with E-state index in [2.05, 4.69) is 20.9 Å². The molecule has 1 aliphatic heterocycles. The van der Waals surface area contributed by atoms with E-state index in [4.69, 9.17) is 5.11 Å². The first kappa shape index (κ1) is 19.9. The van der Waals surface area contributed by atoms with Gasteiger partial charge in [-0.1, -0.05) is 22.0 Å². The van der Waals surface area contributed by atoms with Crippen LogP contribution in [0.15, 0.2) is 50.8 Å². The number of nitrogens with zero attached hydrogens (tertiary/aromatic N) is 2. The molecule has 0 aromatic heterocycles. The smallest absolute Gasteiger partial charge is 0.335 e. The molecule has 0 aliphatic carbocycles. The molecule has 0 saturated carbocycles. The van der Waals surface area contributed by atoms with Crippen LogP contribution in [0, 0.1) is 3.57 Å². The number of carboxylic acids is 1. The van der Waals surface area contributed by atoms with E-state index in [9.17, 15) is 14.7 Å². The molecule has 0 unspecified atom stereocenters. The Kier molecular flexibility index (Phi) is 5.92. The van der Waals surface area contributed by atoms with Gasteiger partial charge in [-0.05, 0) is 70.8 Å². The molecule has 1 saturated heterocycles. The van der Waals surface area contributed by atoms with Gasteiger partial charge >= 0.3 is 5.97 Å². The zero-order valence-electron chi connectivity index (χ0n) is 13.8. The molecule has 9 heteroatoms. The lowest BCUT2D eigenvalue weighted by Crippen LogP contribution is -2.23. The Morgan fingerprint density at radius 2 is 2.07 bits per heavy atom. The largest absolute Gasteiger partial charge is 0.506 e. The highest BCUT2D eigenvalue weighted by molar-refractivity contribution is 14.1. The van der Waals surface area contributed by atoms with E-state index >= 15 is 0 Å². The second kappa shape index (κ2) is 8.03. The zero-order valence-corrected chi connectivity index (χ0v) is 18.4. The fourth-order valence-electron chi connectivity index (χ4n) is 2.31. The molecule has 2 aromatic rings. The van der Waals surface area contributed by atoms with Gasteiger partial charge < -0.3 is 10.2 Å². The van der Waals surface area contributed by atoms with Gasteiger partial charge in [0.15, 0.2) is 5.17 Å². The fraction of sp³-hybridized carbons (Fsp3) is 0.0556. The van der Waals surface area contributed by atoms with Crippen molar-refractivity contribution in [2.24, 2.45) is 4.99 Å². The summed E-state index contributed by atoms with van der Waals surface area (Å²) in [5.74, 6) is -1.19. The standard InChI is InChI=1S/C18H12BrIN2O4S/c1-22-16(24)14(7-10-5-11(19)8-13(20)15(10)23)27-18(22)21-12-4-2-3-9(6-12)17(25)26/h2-8,23H,1H3,(H,25,26)/b14-7-,21-18?. The number of halogens is 2. The van der Waals surface area contributed by atoms with Gasteiger partial charge in [0.2, 0.25) is 0 Å². The number of rotatable bonds is 3. The molecule has 6 nitrogen and oxygen atoms in total. The van der Waals surface area contributed by atoms with Gasteiger partial charge in [-0.25, -0.2) is 9.79 Å². The highest BCUT2D eigenvalue weighted by Gasteiger charge is 2.30. The normalized spacial score (nSPS) is 17.1. The van der Waals surface area contributed by atoms with Crippen molar-refractivity contribution in [1.82, 2.24) is 4.90 Å². The molecule has 2 aromatic carbocycles. The molecule has 0 bridgehead atoms. The van der Waals surface area contributed by atoms with Gasteiger partial charge in [-0.15, -0.1) is 0 Å². The van der Waals surface area contributed by atoms with E-state index in [0.717, 1.165) is 16.2 Å². The lowest BCUT2D eigenvalue weighted by atomic mass is 10.2. The molecule has 1 amide bonds. The highest BCUT2D eigenvalue weighted by atomic mass is 127. The van der Waals surface area contributed by atoms with Crippen LogP contribution in [-0.2, 0) is 4.79 Å². The highest BCUT2D eigenvalue weighted by Crippen LogP contribution is 2.36. The van der Waals surface area contributed by atoms with Crippen LogP contribution in [0.4, 0.5) is 5.69 Å². The van der Waals surface area contributed by atoms with Crippen molar-refractivity contribution in [3.05, 3.63) is 60.5 Å². The third-order valence-corrected chi connectivity index (χ3v) is 6.01. The summed E-state index contributed by atoms with van der Waals surface area (Å²) < 4.78 is 1.46. The van der Waals surface area contributed by atoms with Crippen LogP contribution in [0.25, 0.3) is 6.08 Å². The summed E-state index contributed by atoms with van der Waals surface area (Å²) in [7, 11) is 1.60. The number of aromatic carboxylic acids is 1. The number of aromatic hydroxyl groups is 1. The van der Waals surface area contributed by atoms with Gasteiger partial charge in [0.05, 0.1) is 19.7 Å². The molecule has 27 heavy (non-hydrogen) atoms. The summed E-state index contributed by atoms with van der Waals surface area (Å²) in [6.45, 7) is 0. The monoisotopic (exact) mass is 558 g/mol. The number of thioether (sulfide) groups is 1. The quantitative estimate of drug-likeness (QED) is 0.421. The molecule has 2 N–H and O–H groups in total. The number of amides is 1. The number of amidine groups is 1. The number of aliphatic imine (C=N–C) groups is 1. The maximum Gasteiger partial charge on any atom is 0.335 e.